The number of hydrogen-bond donors (Lipinski definition) is 1. The van der Waals surface area contributed by atoms with Crippen molar-refractivity contribution in [2.75, 3.05) is 11.9 Å². The highest BCUT2D eigenvalue weighted by molar-refractivity contribution is 6.03. The smallest absolute Gasteiger partial charge is 0.358 e. The van der Waals surface area contributed by atoms with Crippen molar-refractivity contribution >= 4 is 17.6 Å². The van der Waals surface area contributed by atoms with Gasteiger partial charge in [0.25, 0.3) is 5.91 Å². The highest BCUT2D eigenvalue weighted by atomic mass is 19.1. The van der Waals surface area contributed by atoms with Gasteiger partial charge in [-0.2, -0.15) is 10.2 Å². The third kappa shape index (κ3) is 4.50. The lowest BCUT2D eigenvalue weighted by Crippen LogP contribution is -2.13. The Morgan fingerprint density at radius 3 is 2.29 bits per heavy atom. The van der Waals surface area contributed by atoms with Crippen LogP contribution in [0.25, 0.3) is 11.4 Å². The van der Waals surface area contributed by atoms with Crippen LogP contribution in [0.2, 0.25) is 0 Å². The second-order valence-electron chi connectivity index (χ2n) is 6.50. The summed E-state index contributed by atoms with van der Waals surface area (Å²) in [6.07, 6.45) is 3.22. The summed E-state index contributed by atoms with van der Waals surface area (Å²) in [5.41, 5.74) is 2.06. The molecule has 0 aliphatic heterocycles. The molecule has 9 heteroatoms. The molecule has 0 bridgehead atoms. The molecule has 4 rings (SSSR count). The zero-order valence-corrected chi connectivity index (χ0v) is 16.5. The highest BCUT2D eigenvalue weighted by Crippen LogP contribution is 2.16. The molecule has 8 nitrogen and oxygen atoms in total. The first-order valence-electron chi connectivity index (χ1n) is 9.49. The minimum atomic E-state index is -0.500. The van der Waals surface area contributed by atoms with Gasteiger partial charge in [-0.3, -0.25) is 4.79 Å². The van der Waals surface area contributed by atoms with Crippen molar-refractivity contribution in [2.45, 2.75) is 6.92 Å². The molecule has 0 spiro atoms. The van der Waals surface area contributed by atoms with E-state index < -0.39 is 11.9 Å². The fourth-order valence-corrected chi connectivity index (χ4v) is 2.91. The van der Waals surface area contributed by atoms with Crippen LogP contribution in [-0.2, 0) is 4.74 Å². The van der Waals surface area contributed by atoms with Crippen molar-refractivity contribution in [1.82, 2.24) is 19.6 Å². The molecule has 156 valence electrons. The number of hydrogen-bond acceptors (Lipinski definition) is 5. The summed E-state index contributed by atoms with van der Waals surface area (Å²) in [5.74, 6) is -1.31. The fourth-order valence-electron chi connectivity index (χ4n) is 2.91. The minimum Gasteiger partial charge on any atom is -0.461 e. The Labute approximate surface area is 176 Å². The van der Waals surface area contributed by atoms with Crippen molar-refractivity contribution in [1.29, 1.82) is 0 Å². The average molecular weight is 419 g/mol. The molecule has 0 atom stereocenters. The fraction of sp³-hybridized carbons (Fsp3) is 0.0909. The average Bonchev–Trinajstić information content (AvgIpc) is 3.45. The zero-order chi connectivity index (χ0) is 21.8. The number of amides is 1. The van der Waals surface area contributed by atoms with Crippen molar-refractivity contribution in [2.24, 2.45) is 0 Å². The molecule has 1 amide bonds. The topological polar surface area (TPSA) is 91.0 Å². The molecular formula is C22H18FN5O3. The van der Waals surface area contributed by atoms with E-state index in [1.165, 1.54) is 21.5 Å². The molecule has 2 aromatic carbocycles. The van der Waals surface area contributed by atoms with E-state index in [4.69, 9.17) is 4.74 Å². The first-order valence-corrected chi connectivity index (χ1v) is 9.49. The van der Waals surface area contributed by atoms with Gasteiger partial charge < -0.3 is 10.1 Å². The predicted molar refractivity (Wildman–Crippen MR) is 111 cm³/mol. The molecular weight excluding hydrogens is 401 g/mol. The quantitative estimate of drug-likeness (QED) is 0.482. The first kappa shape index (κ1) is 20.0. The number of aromatic nitrogens is 4. The molecule has 0 aliphatic rings. The van der Waals surface area contributed by atoms with Crippen molar-refractivity contribution in [3.8, 4) is 11.4 Å². The number of ether oxygens (including phenoxy) is 1. The predicted octanol–water partition coefficient (Wildman–Crippen LogP) is 3.63. The molecule has 0 saturated heterocycles. The van der Waals surface area contributed by atoms with Crippen LogP contribution in [0.5, 0.6) is 0 Å². The van der Waals surface area contributed by atoms with Gasteiger partial charge in [0.15, 0.2) is 11.4 Å². The minimum absolute atomic E-state index is 0.179. The van der Waals surface area contributed by atoms with Crippen LogP contribution in [0.15, 0.2) is 73.1 Å². The third-order valence-corrected chi connectivity index (χ3v) is 4.34. The number of anilines is 1. The summed E-state index contributed by atoms with van der Waals surface area (Å²) in [6.45, 7) is 1.99. The van der Waals surface area contributed by atoms with E-state index in [1.807, 2.05) is 0 Å². The summed E-state index contributed by atoms with van der Waals surface area (Å²) >= 11 is 0. The van der Waals surface area contributed by atoms with Crippen molar-refractivity contribution < 1.29 is 18.7 Å². The summed E-state index contributed by atoms with van der Waals surface area (Å²) in [5, 5.41) is 11.2. The molecule has 0 unspecified atom stereocenters. The summed E-state index contributed by atoms with van der Waals surface area (Å²) in [4.78, 5) is 24.4. The van der Waals surface area contributed by atoms with E-state index in [9.17, 15) is 14.0 Å². The van der Waals surface area contributed by atoms with Gasteiger partial charge in [-0.1, -0.05) is 12.1 Å². The Morgan fingerprint density at radius 1 is 0.935 bits per heavy atom. The molecule has 0 radical (unpaired) electrons. The van der Waals surface area contributed by atoms with E-state index in [1.54, 1.807) is 67.8 Å². The van der Waals surface area contributed by atoms with Crippen molar-refractivity contribution in [3.63, 3.8) is 0 Å². The van der Waals surface area contributed by atoms with Gasteiger partial charge >= 0.3 is 5.97 Å². The molecule has 1 N–H and O–H groups in total. The Bertz CT molecular complexity index is 1250. The van der Waals surface area contributed by atoms with Gasteiger partial charge in [-0.25, -0.2) is 18.5 Å². The molecule has 0 saturated carbocycles. The van der Waals surface area contributed by atoms with Gasteiger partial charge in [0.1, 0.15) is 5.82 Å². The largest absolute Gasteiger partial charge is 0.461 e. The molecule has 0 aliphatic carbocycles. The number of halogens is 1. The summed E-state index contributed by atoms with van der Waals surface area (Å²) < 4.78 is 21.3. The lowest BCUT2D eigenvalue weighted by molar-refractivity contribution is 0.0519. The normalized spacial score (nSPS) is 10.6. The van der Waals surface area contributed by atoms with Crippen molar-refractivity contribution in [3.05, 3.63) is 90.3 Å². The van der Waals surface area contributed by atoms with E-state index in [2.05, 4.69) is 15.5 Å². The maximum atomic E-state index is 13.4. The Kier molecular flexibility index (Phi) is 5.57. The lowest BCUT2D eigenvalue weighted by Gasteiger charge is -2.07. The van der Waals surface area contributed by atoms with Crippen LogP contribution < -0.4 is 5.32 Å². The van der Waals surface area contributed by atoms with E-state index in [-0.39, 0.29) is 23.8 Å². The monoisotopic (exact) mass is 419 g/mol. The molecule has 4 aromatic rings. The van der Waals surface area contributed by atoms with Gasteiger partial charge in [0.05, 0.1) is 18.0 Å². The second kappa shape index (κ2) is 8.62. The van der Waals surface area contributed by atoms with Crippen LogP contribution in [0.1, 0.15) is 27.9 Å². The molecule has 0 fully saturated rings. The maximum absolute atomic E-state index is 13.4. The number of nitrogens with one attached hydrogen (secondary N) is 1. The van der Waals surface area contributed by atoms with Crippen LogP contribution in [-0.4, -0.2) is 38.0 Å². The number of rotatable bonds is 6. The SMILES string of the molecule is CCOC(=O)c1ccn(-c2cccc(NC(=O)c3ccn(-c4cccc(F)c4)n3)c2)n1. The third-order valence-electron chi connectivity index (χ3n) is 4.34. The Hall–Kier alpha value is -4.27. The first-order chi connectivity index (χ1) is 15.0. The Balaban J connectivity index is 1.49. The lowest BCUT2D eigenvalue weighted by atomic mass is 10.2. The number of carbonyl (C=O) groups is 2. The number of benzene rings is 2. The number of esters is 1. The van der Waals surface area contributed by atoms with Crippen LogP contribution in [0.3, 0.4) is 0 Å². The molecule has 2 heterocycles. The molecule has 31 heavy (non-hydrogen) atoms. The van der Waals surface area contributed by atoms with Gasteiger partial charge in [-0.05, 0) is 55.5 Å². The van der Waals surface area contributed by atoms with Crippen LogP contribution >= 0.6 is 0 Å². The number of carbonyl (C=O) groups excluding carboxylic acids is 2. The van der Waals surface area contributed by atoms with Gasteiger partial charge in [0.2, 0.25) is 0 Å². The maximum Gasteiger partial charge on any atom is 0.358 e. The zero-order valence-electron chi connectivity index (χ0n) is 16.5. The van der Waals surface area contributed by atoms with Crippen LogP contribution in [0, 0.1) is 5.82 Å². The van der Waals surface area contributed by atoms with E-state index in [0.717, 1.165) is 0 Å². The number of nitrogens with zero attached hydrogens (tertiary/aromatic N) is 4. The van der Waals surface area contributed by atoms with E-state index >= 15 is 0 Å². The van der Waals surface area contributed by atoms with Gasteiger partial charge in [0, 0.05) is 18.1 Å². The van der Waals surface area contributed by atoms with Gasteiger partial charge in [-0.15, -0.1) is 0 Å². The Morgan fingerprint density at radius 2 is 1.58 bits per heavy atom. The van der Waals surface area contributed by atoms with Crippen LogP contribution in [0.4, 0.5) is 10.1 Å². The summed E-state index contributed by atoms with van der Waals surface area (Å²) in [7, 11) is 0. The van der Waals surface area contributed by atoms with E-state index in [0.29, 0.717) is 17.1 Å². The molecule has 2 aromatic heterocycles. The summed E-state index contributed by atoms with van der Waals surface area (Å²) in [6, 6.07) is 16.0. The standard InChI is InChI=1S/C22H18FN5O3/c1-2-31-22(30)20-10-12-28(26-20)18-8-4-6-16(14-18)24-21(29)19-9-11-27(25-19)17-7-3-5-15(23)13-17/h3-14H,2H2,1H3,(H,24,29). The highest BCUT2D eigenvalue weighted by Gasteiger charge is 2.13. The second-order valence-corrected chi connectivity index (χ2v) is 6.50.